The van der Waals surface area contributed by atoms with Crippen LogP contribution in [0, 0.1) is 0 Å². The van der Waals surface area contributed by atoms with Crippen LogP contribution in [-0.2, 0) is 14.8 Å². The zero-order valence-corrected chi connectivity index (χ0v) is 19.6. The molecule has 0 heterocycles. The van der Waals surface area contributed by atoms with Gasteiger partial charge in [0, 0.05) is 24.2 Å². The van der Waals surface area contributed by atoms with E-state index in [9.17, 15) is 18.0 Å². The van der Waals surface area contributed by atoms with Crippen LogP contribution in [-0.4, -0.2) is 50.3 Å². The van der Waals surface area contributed by atoms with Crippen LogP contribution in [0.1, 0.15) is 45.0 Å². The molecule has 0 aliphatic carbocycles. The molecule has 2 aromatic rings. The van der Waals surface area contributed by atoms with E-state index in [2.05, 4.69) is 5.32 Å². The second kappa shape index (κ2) is 9.96. The zero-order valence-electron chi connectivity index (χ0n) is 18.8. The Kier molecular flexibility index (Phi) is 7.84. The monoisotopic (exact) mass is 445 g/mol. The molecule has 8 heteroatoms. The highest BCUT2D eigenvalue weighted by Gasteiger charge is 2.26. The molecule has 0 saturated carbocycles. The summed E-state index contributed by atoms with van der Waals surface area (Å²) >= 11 is 0. The Balaban J connectivity index is 2.31. The molecule has 0 aliphatic heterocycles. The van der Waals surface area contributed by atoms with E-state index in [-0.39, 0.29) is 29.5 Å². The molecule has 2 aromatic carbocycles. The van der Waals surface area contributed by atoms with Gasteiger partial charge < -0.3 is 10.2 Å². The van der Waals surface area contributed by atoms with Crippen molar-refractivity contribution in [3.05, 3.63) is 60.2 Å². The van der Waals surface area contributed by atoms with Gasteiger partial charge in [0.25, 0.3) is 15.9 Å². The summed E-state index contributed by atoms with van der Waals surface area (Å²) in [6.45, 7) is 9.59. The van der Waals surface area contributed by atoms with Crippen molar-refractivity contribution in [2.24, 2.45) is 0 Å². The highest BCUT2D eigenvalue weighted by atomic mass is 32.2. The molecule has 7 nitrogen and oxygen atoms in total. The number of benzene rings is 2. The van der Waals surface area contributed by atoms with Gasteiger partial charge in [-0.15, -0.1) is 0 Å². The Morgan fingerprint density at radius 1 is 0.935 bits per heavy atom. The lowest BCUT2D eigenvalue weighted by atomic mass is 10.1. The minimum absolute atomic E-state index is 0.0271. The summed E-state index contributed by atoms with van der Waals surface area (Å²) in [7, 11) is -3.86. The quantitative estimate of drug-likeness (QED) is 0.676. The van der Waals surface area contributed by atoms with Gasteiger partial charge in [0.2, 0.25) is 5.91 Å². The van der Waals surface area contributed by atoms with Gasteiger partial charge in [-0.05, 0) is 65.0 Å². The predicted octanol–water partition coefficient (Wildman–Crippen LogP) is 3.28. The van der Waals surface area contributed by atoms with Crippen molar-refractivity contribution in [3.8, 4) is 0 Å². The molecule has 0 unspecified atom stereocenters. The first-order chi connectivity index (χ1) is 14.5. The van der Waals surface area contributed by atoms with Crippen molar-refractivity contribution >= 4 is 27.5 Å². The van der Waals surface area contributed by atoms with E-state index >= 15 is 0 Å². The predicted molar refractivity (Wildman–Crippen MR) is 123 cm³/mol. The number of para-hydroxylation sites is 1. The number of carbonyl (C=O) groups excluding carboxylic acids is 2. The van der Waals surface area contributed by atoms with Crippen molar-refractivity contribution in [3.63, 3.8) is 0 Å². The van der Waals surface area contributed by atoms with Crippen LogP contribution < -0.4 is 9.62 Å². The molecular formula is C23H31N3O4S. The van der Waals surface area contributed by atoms with Crippen LogP contribution in [0.5, 0.6) is 0 Å². The second-order valence-corrected chi connectivity index (χ2v) is 10.0. The molecule has 0 radical (unpaired) electrons. The van der Waals surface area contributed by atoms with Crippen LogP contribution in [0.4, 0.5) is 5.69 Å². The van der Waals surface area contributed by atoms with E-state index < -0.39 is 21.5 Å². The van der Waals surface area contributed by atoms with E-state index in [1.807, 2.05) is 26.8 Å². The lowest BCUT2D eigenvalue weighted by molar-refractivity contribution is -0.123. The summed E-state index contributed by atoms with van der Waals surface area (Å²) in [6.07, 6.45) is 0. The summed E-state index contributed by atoms with van der Waals surface area (Å²) in [5, 5.41) is 2.83. The maximum absolute atomic E-state index is 13.2. The van der Waals surface area contributed by atoms with Gasteiger partial charge in [-0.3, -0.25) is 13.9 Å². The van der Waals surface area contributed by atoms with Crippen LogP contribution >= 0.6 is 0 Å². The lowest BCUT2D eigenvalue weighted by Crippen LogP contribution is -2.47. The van der Waals surface area contributed by atoms with Crippen molar-refractivity contribution in [2.45, 2.75) is 45.1 Å². The number of amides is 2. The number of hydrogen-bond acceptors (Lipinski definition) is 4. The van der Waals surface area contributed by atoms with E-state index in [0.29, 0.717) is 12.2 Å². The number of sulfonamides is 1. The van der Waals surface area contributed by atoms with E-state index in [1.54, 1.807) is 50.2 Å². The number of anilines is 1. The van der Waals surface area contributed by atoms with Crippen LogP contribution in [0.3, 0.4) is 0 Å². The number of likely N-dealkylation sites (N-methyl/N-ethyl adjacent to an activating group) is 1. The molecule has 0 saturated heterocycles. The van der Waals surface area contributed by atoms with Gasteiger partial charge in [0.1, 0.15) is 0 Å². The maximum Gasteiger partial charge on any atom is 0.264 e. The number of rotatable bonds is 8. The third kappa shape index (κ3) is 6.30. The summed E-state index contributed by atoms with van der Waals surface area (Å²) in [5.41, 5.74) is 0.362. The largest absolute Gasteiger partial charge is 0.350 e. The Morgan fingerprint density at radius 3 is 2.13 bits per heavy atom. The molecule has 31 heavy (non-hydrogen) atoms. The Hall–Kier alpha value is -2.87. The maximum atomic E-state index is 13.2. The van der Waals surface area contributed by atoms with Crippen molar-refractivity contribution in [2.75, 3.05) is 23.9 Å². The van der Waals surface area contributed by atoms with Gasteiger partial charge in [-0.2, -0.15) is 0 Å². The zero-order chi connectivity index (χ0) is 23.2. The molecule has 1 N–H and O–H groups in total. The fourth-order valence-corrected chi connectivity index (χ4v) is 4.66. The van der Waals surface area contributed by atoms with E-state index in [4.69, 9.17) is 0 Å². The van der Waals surface area contributed by atoms with Gasteiger partial charge in [0.15, 0.2) is 0 Å². The Morgan fingerprint density at radius 2 is 1.58 bits per heavy atom. The molecule has 0 aliphatic rings. The Labute approximate surface area is 185 Å². The first-order valence-electron chi connectivity index (χ1n) is 10.3. The fraction of sp³-hybridized carbons (Fsp3) is 0.391. The highest BCUT2D eigenvalue weighted by Crippen LogP contribution is 2.24. The molecule has 0 atom stereocenters. The van der Waals surface area contributed by atoms with Crippen LogP contribution in [0.2, 0.25) is 0 Å². The molecule has 0 spiro atoms. The first-order valence-corrected chi connectivity index (χ1v) is 11.7. The summed E-state index contributed by atoms with van der Waals surface area (Å²) in [5.74, 6) is -0.668. The molecule has 0 aromatic heterocycles. The summed E-state index contributed by atoms with van der Waals surface area (Å²) in [6, 6.07) is 14.8. The third-order valence-corrected chi connectivity index (χ3v) is 6.42. The SMILES string of the molecule is CCN(CC(=O)NC(C)(C)C)C(=O)c1cccc(S(=O)(=O)N(CC)c2ccccc2)c1. The smallest absolute Gasteiger partial charge is 0.264 e. The molecule has 0 fully saturated rings. The molecule has 2 amide bonds. The average molecular weight is 446 g/mol. The topological polar surface area (TPSA) is 86.8 Å². The van der Waals surface area contributed by atoms with Gasteiger partial charge in [-0.25, -0.2) is 8.42 Å². The van der Waals surface area contributed by atoms with Crippen molar-refractivity contribution in [1.82, 2.24) is 10.2 Å². The van der Waals surface area contributed by atoms with Crippen LogP contribution in [0.25, 0.3) is 0 Å². The molecule has 0 bridgehead atoms. The van der Waals surface area contributed by atoms with Gasteiger partial charge in [-0.1, -0.05) is 24.3 Å². The molecule has 2 rings (SSSR count). The van der Waals surface area contributed by atoms with Crippen molar-refractivity contribution in [1.29, 1.82) is 0 Å². The highest BCUT2D eigenvalue weighted by molar-refractivity contribution is 7.92. The summed E-state index contributed by atoms with van der Waals surface area (Å²) < 4.78 is 27.8. The van der Waals surface area contributed by atoms with Crippen molar-refractivity contribution < 1.29 is 18.0 Å². The van der Waals surface area contributed by atoms with Gasteiger partial charge in [0.05, 0.1) is 17.1 Å². The number of nitrogens with zero attached hydrogens (tertiary/aromatic N) is 2. The second-order valence-electron chi connectivity index (χ2n) is 8.15. The lowest BCUT2D eigenvalue weighted by Gasteiger charge is -2.25. The first kappa shape index (κ1) is 24.4. The molecular weight excluding hydrogens is 414 g/mol. The fourth-order valence-electron chi connectivity index (χ4n) is 3.14. The average Bonchev–Trinajstić information content (AvgIpc) is 2.71. The Bertz CT molecular complexity index is 1010. The number of hydrogen-bond donors (Lipinski definition) is 1. The number of nitrogens with one attached hydrogen (secondary N) is 1. The van der Waals surface area contributed by atoms with Crippen LogP contribution in [0.15, 0.2) is 59.5 Å². The minimum Gasteiger partial charge on any atom is -0.350 e. The standard InChI is InChI=1S/C23H31N3O4S/c1-6-25(17-21(27)24-23(3,4)5)22(28)18-12-11-15-20(16-18)31(29,30)26(7-2)19-13-9-8-10-14-19/h8-16H,6-7,17H2,1-5H3,(H,24,27). The number of carbonyl (C=O) groups is 2. The van der Waals surface area contributed by atoms with E-state index in [0.717, 1.165) is 0 Å². The molecule has 168 valence electrons. The van der Waals surface area contributed by atoms with E-state index in [1.165, 1.54) is 21.3 Å². The minimum atomic E-state index is -3.86. The third-order valence-electron chi connectivity index (χ3n) is 4.52. The normalized spacial score (nSPS) is 11.6. The summed E-state index contributed by atoms with van der Waals surface area (Å²) in [4.78, 5) is 26.7. The van der Waals surface area contributed by atoms with Gasteiger partial charge >= 0.3 is 0 Å².